The third-order valence-electron chi connectivity index (χ3n) is 6.32. The molecule has 1 aliphatic heterocycles. The summed E-state index contributed by atoms with van der Waals surface area (Å²) in [6.45, 7) is 8.02. The van der Waals surface area contributed by atoms with Crippen LogP contribution in [0.4, 0.5) is 13.6 Å². The Hall–Kier alpha value is -1.97. The fourth-order valence-electron chi connectivity index (χ4n) is 4.42. The molecule has 1 saturated carbocycles. The van der Waals surface area contributed by atoms with Crippen LogP contribution in [-0.4, -0.2) is 94.6 Å². The van der Waals surface area contributed by atoms with Crippen molar-refractivity contribution in [2.45, 2.75) is 96.4 Å². The van der Waals surface area contributed by atoms with E-state index >= 15 is 0 Å². The van der Waals surface area contributed by atoms with Gasteiger partial charge in [-0.2, -0.15) is 0 Å². The van der Waals surface area contributed by atoms with Crippen molar-refractivity contribution >= 4 is 17.9 Å². The van der Waals surface area contributed by atoms with Crippen molar-refractivity contribution in [3.8, 4) is 0 Å². The van der Waals surface area contributed by atoms with Gasteiger partial charge < -0.3 is 19.6 Å². The van der Waals surface area contributed by atoms with Crippen LogP contribution >= 0.6 is 0 Å². The van der Waals surface area contributed by atoms with Crippen LogP contribution in [0, 0.1) is 5.41 Å². The Labute approximate surface area is 195 Å². The average Bonchev–Trinajstić information content (AvgIpc) is 3.12. The molecular formula is C23H39F2N3O5. The van der Waals surface area contributed by atoms with E-state index in [9.17, 15) is 28.3 Å². The molecule has 0 aromatic carbocycles. The molecule has 10 heteroatoms. The zero-order valence-electron chi connectivity index (χ0n) is 20.9. The minimum absolute atomic E-state index is 0.0549. The smallest absolute Gasteiger partial charge is 0.411 e. The number of hydrogen-bond acceptors (Lipinski definition) is 5. The maximum absolute atomic E-state index is 13.8. The lowest BCUT2D eigenvalue weighted by molar-refractivity contribution is -0.151. The summed E-state index contributed by atoms with van der Waals surface area (Å²) in [6, 6.07) is -1.85. The molecule has 1 saturated heterocycles. The summed E-state index contributed by atoms with van der Waals surface area (Å²) in [5, 5.41) is 9.81. The van der Waals surface area contributed by atoms with Crippen LogP contribution in [0.3, 0.4) is 0 Å². The number of ether oxygens (including phenoxy) is 1. The quantitative estimate of drug-likeness (QED) is 0.660. The Morgan fingerprint density at radius 1 is 1.06 bits per heavy atom. The number of aliphatic hydroxyl groups excluding tert-OH is 1. The summed E-state index contributed by atoms with van der Waals surface area (Å²) in [4.78, 5) is 43.6. The van der Waals surface area contributed by atoms with Crippen LogP contribution in [-0.2, 0) is 14.3 Å². The van der Waals surface area contributed by atoms with Gasteiger partial charge in [0, 0.05) is 39.5 Å². The number of hydrogen-bond donors (Lipinski definition) is 1. The molecule has 3 amide bonds. The molecule has 190 valence electrons. The molecule has 1 aliphatic carbocycles. The SMILES string of the molecule is CN(C)C(=O)C1CC(N(C(=O)C(C)(C)CO)C2CCC(F)(F)CC2)CN1C(=O)OC(C)(C)C. The molecule has 2 aliphatic rings. The van der Waals surface area contributed by atoms with Gasteiger partial charge in [-0.05, 0) is 53.9 Å². The number of alkyl halides is 2. The van der Waals surface area contributed by atoms with Crippen molar-refractivity contribution in [2.24, 2.45) is 5.41 Å². The molecule has 8 nitrogen and oxygen atoms in total. The summed E-state index contributed by atoms with van der Waals surface area (Å²) in [6.07, 6.45) is -0.900. The second-order valence-corrected chi connectivity index (χ2v) is 11.1. The van der Waals surface area contributed by atoms with E-state index in [4.69, 9.17) is 4.74 Å². The second-order valence-electron chi connectivity index (χ2n) is 11.1. The number of amides is 3. The maximum Gasteiger partial charge on any atom is 0.411 e. The van der Waals surface area contributed by atoms with E-state index in [0.29, 0.717) is 0 Å². The Kier molecular flexibility index (Phi) is 8.03. The number of carbonyl (C=O) groups excluding carboxylic acids is 3. The van der Waals surface area contributed by atoms with Gasteiger partial charge >= 0.3 is 6.09 Å². The third-order valence-corrected chi connectivity index (χ3v) is 6.32. The van der Waals surface area contributed by atoms with Gasteiger partial charge in [-0.3, -0.25) is 14.5 Å². The zero-order valence-corrected chi connectivity index (χ0v) is 20.9. The Morgan fingerprint density at radius 2 is 1.61 bits per heavy atom. The first-order valence-electron chi connectivity index (χ1n) is 11.5. The number of carbonyl (C=O) groups is 3. The van der Waals surface area contributed by atoms with E-state index in [-0.39, 0.29) is 50.5 Å². The zero-order chi connectivity index (χ0) is 25.4. The van der Waals surface area contributed by atoms with Gasteiger partial charge in [0.25, 0.3) is 0 Å². The number of rotatable bonds is 5. The summed E-state index contributed by atoms with van der Waals surface area (Å²) >= 11 is 0. The fourth-order valence-corrected chi connectivity index (χ4v) is 4.42. The standard InChI is InChI=1S/C23H39F2N3O5/c1-21(2,3)33-20(32)27-13-16(12-17(27)18(30)26(6)7)28(19(31)22(4,5)14-29)15-8-10-23(24,25)11-9-15/h15-17,29H,8-14H2,1-7H3. The van der Waals surface area contributed by atoms with Crippen LogP contribution in [0.5, 0.6) is 0 Å². The number of aliphatic hydroxyl groups is 1. The van der Waals surface area contributed by atoms with E-state index in [0.717, 1.165) is 0 Å². The molecule has 0 radical (unpaired) electrons. The van der Waals surface area contributed by atoms with Crippen molar-refractivity contribution in [2.75, 3.05) is 27.2 Å². The first-order chi connectivity index (χ1) is 15.0. The van der Waals surface area contributed by atoms with Gasteiger partial charge in [0.1, 0.15) is 11.6 Å². The summed E-state index contributed by atoms with van der Waals surface area (Å²) < 4.78 is 33.2. The summed E-state index contributed by atoms with van der Waals surface area (Å²) in [5.41, 5.74) is -1.90. The highest BCUT2D eigenvalue weighted by Crippen LogP contribution is 2.39. The molecule has 2 unspecified atom stereocenters. The van der Waals surface area contributed by atoms with Crippen molar-refractivity contribution in [3.63, 3.8) is 0 Å². The predicted molar refractivity (Wildman–Crippen MR) is 119 cm³/mol. The lowest BCUT2D eigenvalue weighted by Gasteiger charge is -2.43. The molecule has 33 heavy (non-hydrogen) atoms. The highest BCUT2D eigenvalue weighted by atomic mass is 19.3. The topological polar surface area (TPSA) is 90.4 Å². The third kappa shape index (κ3) is 6.55. The molecule has 0 bridgehead atoms. The molecule has 0 aromatic rings. The van der Waals surface area contributed by atoms with E-state index in [1.165, 1.54) is 9.80 Å². The van der Waals surface area contributed by atoms with E-state index in [1.54, 1.807) is 53.6 Å². The van der Waals surface area contributed by atoms with E-state index in [2.05, 4.69) is 0 Å². The normalized spacial score (nSPS) is 23.9. The van der Waals surface area contributed by atoms with E-state index in [1.807, 2.05) is 0 Å². The second kappa shape index (κ2) is 9.72. The molecule has 2 rings (SSSR count). The van der Waals surface area contributed by atoms with Gasteiger partial charge in [-0.25, -0.2) is 13.6 Å². The highest BCUT2D eigenvalue weighted by molar-refractivity contribution is 5.87. The van der Waals surface area contributed by atoms with Gasteiger partial charge in [-0.15, -0.1) is 0 Å². The number of likely N-dealkylation sites (N-methyl/N-ethyl adjacent to an activating group) is 1. The van der Waals surface area contributed by atoms with Crippen molar-refractivity contribution in [1.29, 1.82) is 0 Å². The van der Waals surface area contributed by atoms with Crippen LogP contribution in [0.1, 0.15) is 66.7 Å². The van der Waals surface area contributed by atoms with Crippen LogP contribution in [0.15, 0.2) is 0 Å². The van der Waals surface area contributed by atoms with Crippen LogP contribution in [0.25, 0.3) is 0 Å². The molecular weight excluding hydrogens is 436 g/mol. The number of nitrogens with zero attached hydrogens (tertiary/aromatic N) is 3. The minimum atomic E-state index is -2.76. The lowest BCUT2D eigenvalue weighted by Crippen LogP contribution is -2.55. The molecule has 0 spiro atoms. The van der Waals surface area contributed by atoms with Crippen molar-refractivity contribution < 1.29 is 33.0 Å². The fraction of sp³-hybridized carbons (Fsp3) is 0.870. The van der Waals surface area contributed by atoms with E-state index < -0.39 is 47.8 Å². The Balaban J connectivity index is 2.39. The maximum atomic E-state index is 13.8. The van der Waals surface area contributed by atoms with Crippen LogP contribution in [0.2, 0.25) is 0 Å². The average molecular weight is 476 g/mol. The predicted octanol–water partition coefficient (Wildman–Crippen LogP) is 2.88. The van der Waals surface area contributed by atoms with Gasteiger partial charge in [0.2, 0.25) is 17.7 Å². The first-order valence-corrected chi connectivity index (χ1v) is 11.5. The van der Waals surface area contributed by atoms with Gasteiger partial charge in [0.05, 0.1) is 18.1 Å². The van der Waals surface area contributed by atoms with Crippen LogP contribution < -0.4 is 0 Å². The molecule has 1 heterocycles. The lowest BCUT2D eigenvalue weighted by atomic mass is 9.86. The van der Waals surface area contributed by atoms with Crippen molar-refractivity contribution in [3.05, 3.63) is 0 Å². The Morgan fingerprint density at radius 3 is 2.06 bits per heavy atom. The highest BCUT2D eigenvalue weighted by Gasteiger charge is 2.49. The molecule has 0 aromatic heterocycles. The molecule has 1 N–H and O–H groups in total. The Bertz CT molecular complexity index is 741. The largest absolute Gasteiger partial charge is 0.444 e. The van der Waals surface area contributed by atoms with Gasteiger partial charge in [-0.1, -0.05) is 0 Å². The summed E-state index contributed by atoms with van der Waals surface area (Å²) in [5.74, 6) is -3.43. The molecule has 2 fully saturated rings. The van der Waals surface area contributed by atoms with Crippen molar-refractivity contribution in [1.82, 2.24) is 14.7 Å². The minimum Gasteiger partial charge on any atom is -0.444 e. The monoisotopic (exact) mass is 475 g/mol. The first kappa shape index (κ1) is 27.3. The number of likely N-dealkylation sites (tertiary alicyclic amines) is 1. The molecule has 2 atom stereocenters. The number of halogens is 2. The summed E-state index contributed by atoms with van der Waals surface area (Å²) in [7, 11) is 3.17. The van der Waals surface area contributed by atoms with Gasteiger partial charge in [0.15, 0.2) is 0 Å².